The molecule has 0 aliphatic rings. The van der Waals surface area contributed by atoms with Crippen molar-refractivity contribution in [3.8, 4) is 11.4 Å². The van der Waals surface area contributed by atoms with Crippen LogP contribution in [0.1, 0.15) is 46.1 Å². The van der Waals surface area contributed by atoms with Crippen LogP contribution in [0.4, 0.5) is 5.69 Å². The lowest BCUT2D eigenvalue weighted by atomic mass is 10.0. The maximum absolute atomic E-state index is 6.01. The number of nitrogens with zero attached hydrogens (tertiary/aromatic N) is 4. The first kappa shape index (κ1) is 14.5. The second kappa shape index (κ2) is 6.50. The van der Waals surface area contributed by atoms with Gasteiger partial charge in [0.1, 0.15) is 0 Å². The predicted octanol–water partition coefficient (Wildman–Crippen LogP) is 3.31. The van der Waals surface area contributed by atoms with E-state index < -0.39 is 0 Å². The Morgan fingerprint density at radius 1 is 1.15 bits per heavy atom. The summed E-state index contributed by atoms with van der Waals surface area (Å²) >= 11 is 0. The number of tetrazole rings is 1. The Balaban J connectivity index is 2.14. The van der Waals surface area contributed by atoms with Crippen LogP contribution in [0.25, 0.3) is 11.4 Å². The highest BCUT2D eigenvalue weighted by atomic mass is 15.5. The molecule has 2 N–H and O–H groups in total. The molecule has 0 radical (unpaired) electrons. The molecule has 1 unspecified atom stereocenters. The number of nitrogens with two attached hydrogens (primary N) is 1. The maximum Gasteiger partial charge on any atom is 0.184 e. The van der Waals surface area contributed by atoms with E-state index in [1.54, 1.807) is 0 Å². The summed E-state index contributed by atoms with van der Waals surface area (Å²) in [5.74, 6) is 1.49. The summed E-state index contributed by atoms with van der Waals surface area (Å²) in [5, 5.41) is 12.1. The summed E-state index contributed by atoms with van der Waals surface area (Å²) in [5.41, 5.74) is 7.61. The van der Waals surface area contributed by atoms with Crippen LogP contribution < -0.4 is 5.73 Å². The van der Waals surface area contributed by atoms with E-state index in [0.717, 1.165) is 23.7 Å². The molecule has 0 aliphatic carbocycles. The minimum atomic E-state index is 0.276. The maximum atomic E-state index is 6.01. The molecule has 0 spiro atoms. The average molecular weight is 273 g/mol. The van der Waals surface area contributed by atoms with Gasteiger partial charge in [-0.25, -0.2) is 4.68 Å². The lowest BCUT2D eigenvalue weighted by Crippen LogP contribution is -2.10. The highest BCUT2D eigenvalue weighted by Gasteiger charge is 2.16. The van der Waals surface area contributed by atoms with Gasteiger partial charge in [-0.05, 0) is 41.8 Å². The van der Waals surface area contributed by atoms with E-state index >= 15 is 0 Å². The van der Waals surface area contributed by atoms with Gasteiger partial charge in [-0.15, -0.1) is 5.10 Å². The highest BCUT2D eigenvalue weighted by Crippen LogP contribution is 2.26. The van der Waals surface area contributed by atoms with Gasteiger partial charge >= 0.3 is 0 Å². The van der Waals surface area contributed by atoms with Gasteiger partial charge in [0.05, 0.1) is 6.04 Å². The average Bonchev–Trinajstić information content (AvgIpc) is 2.87. The Bertz CT molecular complexity index is 547. The molecule has 0 amide bonds. The Labute approximate surface area is 120 Å². The van der Waals surface area contributed by atoms with E-state index in [4.69, 9.17) is 5.73 Å². The van der Waals surface area contributed by atoms with Crippen LogP contribution in [0.5, 0.6) is 0 Å². The van der Waals surface area contributed by atoms with E-state index in [0.29, 0.717) is 5.69 Å². The standard InChI is InChI=1S/C15H23N5/c1-11(2)7-6-8-12(3)20-15(17-18-19-20)13-9-4-5-10-14(13)16/h4-5,9-12H,6-8,16H2,1-3H3. The van der Waals surface area contributed by atoms with Gasteiger partial charge in [0.25, 0.3) is 0 Å². The van der Waals surface area contributed by atoms with Crippen LogP contribution in [0, 0.1) is 5.92 Å². The van der Waals surface area contributed by atoms with E-state index in [9.17, 15) is 0 Å². The summed E-state index contributed by atoms with van der Waals surface area (Å²) in [6, 6.07) is 7.97. The topological polar surface area (TPSA) is 69.6 Å². The van der Waals surface area contributed by atoms with E-state index in [2.05, 4.69) is 36.3 Å². The summed E-state index contributed by atoms with van der Waals surface area (Å²) in [6.45, 7) is 6.65. The van der Waals surface area contributed by atoms with Crippen molar-refractivity contribution >= 4 is 5.69 Å². The van der Waals surface area contributed by atoms with Gasteiger partial charge in [-0.3, -0.25) is 0 Å². The fraction of sp³-hybridized carbons (Fsp3) is 0.533. The first-order chi connectivity index (χ1) is 9.59. The fourth-order valence-electron chi connectivity index (χ4n) is 2.31. The molecule has 0 bridgehead atoms. The van der Waals surface area contributed by atoms with Crippen molar-refractivity contribution in [2.75, 3.05) is 5.73 Å². The Morgan fingerprint density at radius 2 is 1.90 bits per heavy atom. The number of hydrogen-bond donors (Lipinski definition) is 1. The molecule has 2 rings (SSSR count). The summed E-state index contributed by atoms with van der Waals surface area (Å²) in [6.07, 6.45) is 3.49. The van der Waals surface area contributed by atoms with E-state index in [1.807, 2.05) is 28.9 Å². The van der Waals surface area contributed by atoms with E-state index in [1.165, 1.54) is 12.8 Å². The second-order valence-electron chi connectivity index (χ2n) is 5.71. The third-order valence-corrected chi connectivity index (χ3v) is 3.52. The third-order valence-electron chi connectivity index (χ3n) is 3.52. The molecule has 0 saturated heterocycles. The fourth-order valence-corrected chi connectivity index (χ4v) is 2.31. The van der Waals surface area contributed by atoms with Crippen molar-refractivity contribution in [1.82, 2.24) is 20.2 Å². The Hall–Kier alpha value is -1.91. The van der Waals surface area contributed by atoms with Crippen molar-refractivity contribution in [2.24, 2.45) is 5.92 Å². The van der Waals surface area contributed by atoms with Crippen LogP contribution >= 0.6 is 0 Å². The molecular weight excluding hydrogens is 250 g/mol. The summed E-state index contributed by atoms with van der Waals surface area (Å²) < 4.78 is 1.88. The number of rotatable bonds is 6. The third kappa shape index (κ3) is 3.35. The van der Waals surface area contributed by atoms with Crippen LogP contribution in [0.3, 0.4) is 0 Å². The number of para-hydroxylation sites is 1. The summed E-state index contributed by atoms with van der Waals surface area (Å²) in [7, 11) is 0. The smallest absolute Gasteiger partial charge is 0.184 e. The van der Waals surface area contributed by atoms with Crippen LogP contribution in [0.2, 0.25) is 0 Å². The predicted molar refractivity (Wildman–Crippen MR) is 81.1 cm³/mol. The normalized spacial score (nSPS) is 12.8. The zero-order chi connectivity index (χ0) is 14.5. The highest BCUT2D eigenvalue weighted by molar-refractivity contribution is 5.71. The van der Waals surface area contributed by atoms with E-state index in [-0.39, 0.29) is 6.04 Å². The van der Waals surface area contributed by atoms with Gasteiger partial charge < -0.3 is 5.73 Å². The quantitative estimate of drug-likeness (QED) is 0.820. The molecule has 1 heterocycles. The van der Waals surface area contributed by atoms with Gasteiger partial charge in [0, 0.05) is 11.3 Å². The van der Waals surface area contributed by atoms with Crippen molar-refractivity contribution in [3.63, 3.8) is 0 Å². The number of anilines is 1. The van der Waals surface area contributed by atoms with Crippen molar-refractivity contribution in [2.45, 2.75) is 46.1 Å². The zero-order valence-electron chi connectivity index (χ0n) is 12.5. The molecule has 1 atom stereocenters. The monoisotopic (exact) mass is 273 g/mol. The first-order valence-electron chi connectivity index (χ1n) is 7.22. The van der Waals surface area contributed by atoms with Gasteiger partial charge in [0.2, 0.25) is 0 Å². The lowest BCUT2D eigenvalue weighted by molar-refractivity contribution is 0.414. The molecule has 0 saturated carbocycles. The van der Waals surface area contributed by atoms with Gasteiger partial charge in [-0.2, -0.15) is 0 Å². The SMILES string of the molecule is CC(C)CCCC(C)n1nnnc1-c1ccccc1N. The molecular formula is C15H23N5. The number of nitrogen functional groups attached to an aromatic ring is 1. The minimum absolute atomic E-state index is 0.276. The molecule has 0 aliphatic heterocycles. The number of benzene rings is 1. The van der Waals surface area contributed by atoms with Gasteiger partial charge in [0.15, 0.2) is 5.82 Å². The second-order valence-corrected chi connectivity index (χ2v) is 5.71. The Morgan fingerprint density at radius 3 is 2.60 bits per heavy atom. The van der Waals surface area contributed by atoms with Crippen molar-refractivity contribution < 1.29 is 0 Å². The first-order valence-corrected chi connectivity index (χ1v) is 7.22. The Kier molecular flexibility index (Phi) is 4.71. The molecule has 20 heavy (non-hydrogen) atoms. The number of aromatic nitrogens is 4. The summed E-state index contributed by atoms with van der Waals surface area (Å²) in [4.78, 5) is 0. The van der Waals surface area contributed by atoms with Crippen LogP contribution in [0.15, 0.2) is 24.3 Å². The molecule has 0 fully saturated rings. The van der Waals surface area contributed by atoms with Crippen LogP contribution in [-0.4, -0.2) is 20.2 Å². The molecule has 5 heteroatoms. The van der Waals surface area contributed by atoms with Gasteiger partial charge in [-0.1, -0.05) is 38.8 Å². The molecule has 1 aromatic heterocycles. The molecule has 1 aromatic carbocycles. The largest absolute Gasteiger partial charge is 0.398 e. The zero-order valence-corrected chi connectivity index (χ0v) is 12.5. The van der Waals surface area contributed by atoms with Crippen LogP contribution in [-0.2, 0) is 0 Å². The molecule has 108 valence electrons. The molecule has 2 aromatic rings. The van der Waals surface area contributed by atoms with Crippen molar-refractivity contribution in [1.29, 1.82) is 0 Å². The number of hydrogen-bond acceptors (Lipinski definition) is 4. The van der Waals surface area contributed by atoms with Crippen molar-refractivity contribution in [3.05, 3.63) is 24.3 Å². The lowest BCUT2D eigenvalue weighted by Gasteiger charge is -2.14. The minimum Gasteiger partial charge on any atom is -0.398 e. The molecule has 5 nitrogen and oxygen atoms in total.